The van der Waals surface area contributed by atoms with Gasteiger partial charge in [0.1, 0.15) is 24.4 Å². The van der Waals surface area contributed by atoms with E-state index in [1.165, 1.54) is 12.1 Å². The molecule has 0 saturated carbocycles. The standard InChI is InChI=1S/C20H19BrF2N2O2/c1-12-14(10-26)4-3-5-19(12)25-9-17(21)20(24-13(25)2)27-11-15-6-7-16(22)8-18(15)23/h3-9,13,26H,10-11H2,1-2H3. The van der Waals surface area contributed by atoms with Gasteiger partial charge in [-0.25, -0.2) is 13.8 Å². The molecule has 4 nitrogen and oxygen atoms in total. The van der Waals surface area contributed by atoms with Gasteiger partial charge in [0.15, 0.2) is 0 Å². The summed E-state index contributed by atoms with van der Waals surface area (Å²) < 4.78 is 33.0. The summed E-state index contributed by atoms with van der Waals surface area (Å²) in [4.78, 5) is 6.49. The van der Waals surface area contributed by atoms with E-state index in [-0.39, 0.29) is 24.9 Å². The number of nitrogens with zero attached hydrogens (tertiary/aromatic N) is 2. The number of ether oxygens (including phenoxy) is 1. The Bertz CT molecular complexity index is 915. The first-order valence-electron chi connectivity index (χ1n) is 8.40. The minimum atomic E-state index is -0.655. The van der Waals surface area contributed by atoms with Gasteiger partial charge in [-0.3, -0.25) is 0 Å². The van der Waals surface area contributed by atoms with Crippen LogP contribution in [-0.4, -0.2) is 17.2 Å². The molecule has 2 aromatic carbocycles. The molecular weight excluding hydrogens is 418 g/mol. The summed E-state index contributed by atoms with van der Waals surface area (Å²) in [5, 5.41) is 9.47. The summed E-state index contributed by atoms with van der Waals surface area (Å²) in [5.74, 6) is -0.937. The molecule has 142 valence electrons. The van der Waals surface area contributed by atoms with Crippen LogP contribution in [0.25, 0.3) is 0 Å². The summed E-state index contributed by atoms with van der Waals surface area (Å²) in [6.07, 6.45) is 1.59. The van der Waals surface area contributed by atoms with Gasteiger partial charge in [-0.1, -0.05) is 12.1 Å². The van der Waals surface area contributed by atoms with Crippen LogP contribution in [0.15, 0.2) is 52.1 Å². The van der Waals surface area contributed by atoms with Crippen molar-refractivity contribution < 1.29 is 18.6 Å². The average molecular weight is 437 g/mol. The zero-order valence-electron chi connectivity index (χ0n) is 14.9. The lowest BCUT2D eigenvalue weighted by Gasteiger charge is -2.31. The van der Waals surface area contributed by atoms with Crippen LogP contribution in [0.3, 0.4) is 0 Å². The molecule has 1 aliphatic heterocycles. The molecule has 2 aromatic rings. The predicted octanol–water partition coefficient (Wildman–Crippen LogP) is 4.78. The molecule has 1 atom stereocenters. The molecule has 27 heavy (non-hydrogen) atoms. The summed E-state index contributed by atoms with van der Waals surface area (Å²) >= 11 is 3.44. The van der Waals surface area contributed by atoms with Crippen molar-refractivity contribution in [2.45, 2.75) is 33.2 Å². The van der Waals surface area contributed by atoms with E-state index in [1.807, 2.05) is 43.1 Å². The Morgan fingerprint density at radius 3 is 2.70 bits per heavy atom. The Morgan fingerprint density at radius 1 is 1.22 bits per heavy atom. The number of aliphatic imine (C=N–C) groups is 1. The monoisotopic (exact) mass is 436 g/mol. The number of aliphatic hydroxyl groups is 1. The summed E-state index contributed by atoms with van der Waals surface area (Å²) in [6, 6.07) is 9.09. The molecule has 0 aromatic heterocycles. The quantitative estimate of drug-likeness (QED) is 0.749. The second-order valence-electron chi connectivity index (χ2n) is 6.19. The number of anilines is 1. The average Bonchev–Trinajstić information content (AvgIpc) is 2.63. The Morgan fingerprint density at radius 2 is 2.00 bits per heavy atom. The molecule has 1 heterocycles. The Balaban J connectivity index is 1.78. The van der Waals surface area contributed by atoms with Gasteiger partial charge < -0.3 is 14.7 Å². The lowest BCUT2D eigenvalue weighted by atomic mass is 10.1. The molecule has 3 rings (SSSR count). The maximum absolute atomic E-state index is 13.8. The van der Waals surface area contributed by atoms with E-state index in [0.717, 1.165) is 22.9 Å². The van der Waals surface area contributed by atoms with Crippen molar-refractivity contribution in [3.05, 3.63) is 75.4 Å². The van der Waals surface area contributed by atoms with E-state index in [0.29, 0.717) is 10.4 Å². The van der Waals surface area contributed by atoms with Crippen LogP contribution < -0.4 is 4.90 Å². The summed E-state index contributed by atoms with van der Waals surface area (Å²) in [5.41, 5.74) is 3.00. The Kier molecular flexibility index (Phi) is 5.92. The molecule has 0 amide bonds. The zero-order valence-corrected chi connectivity index (χ0v) is 16.5. The first-order chi connectivity index (χ1) is 12.9. The molecule has 0 aliphatic carbocycles. The third kappa shape index (κ3) is 4.20. The van der Waals surface area contributed by atoms with E-state index in [2.05, 4.69) is 20.9 Å². The van der Waals surface area contributed by atoms with E-state index in [9.17, 15) is 13.9 Å². The lowest BCUT2D eigenvalue weighted by molar-refractivity contribution is 0.281. The van der Waals surface area contributed by atoms with Crippen LogP contribution in [-0.2, 0) is 18.0 Å². The van der Waals surface area contributed by atoms with Gasteiger partial charge in [0, 0.05) is 23.5 Å². The van der Waals surface area contributed by atoms with Crippen LogP contribution in [0.1, 0.15) is 23.6 Å². The highest BCUT2D eigenvalue weighted by Gasteiger charge is 2.23. The van der Waals surface area contributed by atoms with E-state index in [1.54, 1.807) is 0 Å². The maximum Gasteiger partial charge on any atom is 0.227 e. The van der Waals surface area contributed by atoms with Crippen molar-refractivity contribution in [1.29, 1.82) is 0 Å². The smallest absolute Gasteiger partial charge is 0.227 e. The number of benzene rings is 2. The van der Waals surface area contributed by atoms with Gasteiger partial charge in [-0.2, -0.15) is 0 Å². The fourth-order valence-electron chi connectivity index (χ4n) is 2.86. The first kappa shape index (κ1) is 19.5. The molecule has 0 spiro atoms. The third-order valence-electron chi connectivity index (χ3n) is 4.41. The van der Waals surface area contributed by atoms with Crippen LogP contribution in [0.4, 0.5) is 14.5 Å². The largest absolute Gasteiger partial charge is 0.472 e. The van der Waals surface area contributed by atoms with Crippen LogP contribution in [0.2, 0.25) is 0 Å². The van der Waals surface area contributed by atoms with Gasteiger partial charge in [0.05, 0.1) is 11.1 Å². The number of rotatable bonds is 4. The van der Waals surface area contributed by atoms with Crippen LogP contribution in [0.5, 0.6) is 0 Å². The summed E-state index contributed by atoms with van der Waals surface area (Å²) in [6.45, 7) is 3.76. The third-order valence-corrected chi connectivity index (χ3v) is 4.95. The van der Waals surface area contributed by atoms with Crippen LogP contribution >= 0.6 is 15.9 Å². The second kappa shape index (κ2) is 8.19. The molecular formula is C20H19BrF2N2O2. The summed E-state index contributed by atoms with van der Waals surface area (Å²) in [7, 11) is 0. The molecule has 0 radical (unpaired) electrons. The van der Waals surface area contributed by atoms with Gasteiger partial charge in [0.25, 0.3) is 0 Å². The topological polar surface area (TPSA) is 45.1 Å². The van der Waals surface area contributed by atoms with Gasteiger partial charge in [0.2, 0.25) is 5.90 Å². The van der Waals surface area contributed by atoms with Gasteiger partial charge in [-0.15, -0.1) is 0 Å². The van der Waals surface area contributed by atoms with Crippen LogP contribution in [0, 0.1) is 18.6 Å². The molecule has 0 saturated heterocycles. The van der Waals surface area contributed by atoms with Crippen molar-refractivity contribution in [3.8, 4) is 0 Å². The SMILES string of the molecule is Cc1c(CO)cccc1N1C=C(Br)C(OCc2ccc(F)cc2F)=NC1C. The number of aliphatic hydroxyl groups excluding tert-OH is 1. The maximum atomic E-state index is 13.8. The Hall–Kier alpha value is -2.25. The van der Waals surface area contributed by atoms with Crippen molar-refractivity contribution in [2.75, 3.05) is 4.90 Å². The van der Waals surface area contributed by atoms with Gasteiger partial charge >= 0.3 is 0 Å². The lowest BCUT2D eigenvalue weighted by Crippen LogP contribution is -2.32. The fraction of sp³-hybridized carbons (Fsp3) is 0.250. The number of hydrogen-bond acceptors (Lipinski definition) is 4. The molecule has 1 unspecified atom stereocenters. The molecule has 0 bridgehead atoms. The highest BCUT2D eigenvalue weighted by Crippen LogP contribution is 2.30. The van der Waals surface area contributed by atoms with E-state index >= 15 is 0 Å². The van der Waals surface area contributed by atoms with Crippen molar-refractivity contribution in [2.24, 2.45) is 4.99 Å². The second-order valence-corrected chi connectivity index (χ2v) is 7.05. The predicted molar refractivity (Wildman–Crippen MR) is 105 cm³/mol. The highest BCUT2D eigenvalue weighted by molar-refractivity contribution is 9.12. The molecule has 0 fully saturated rings. The first-order valence-corrected chi connectivity index (χ1v) is 9.20. The Labute approximate surface area is 164 Å². The van der Waals surface area contributed by atoms with Crippen molar-refractivity contribution in [3.63, 3.8) is 0 Å². The van der Waals surface area contributed by atoms with E-state index < -0.39 is 11.6 Å². The molecule has 1 N–H and O–H groups in total. The van der Waals surface area contributed by atoms with Gasteiger partial charge in [-0.05, 0) is 59.1 Å². The fourth-order valence-corrected chi connectivity index (χ4v) is 3.30. The molecule has 1 aliphatic rings. The normalized spacial score (nSPS) is 16.8. The highest BCUT2D eigenvalue weighted by atomic mass is 79.9. The zero-order chi connectivity index (χ0) is 19.6. The van der Waals surface area contributed by atoms with E-state index in [4.69, 9.17) is 4.74 Å². The minimum Gasteiger partial charge on any atom is -0.472 e. The molecule has 7 heteroatoms. The van der Waals surface area contributed by atoms with Crippen molar-refractivity contribution in [1.82, 2.24) is 0 Å². The number of halogens is 3. The number of hydrogen-bond donors (Lipinski definition) is 1. The van der Waals surface area contributed by atoms with Crippen molar-refractivity contribution >= 4 is 27.5 Å². The minimum absolute atomic E-state index is 0.0341.